The standard InChI is InChI=1S/C21H16BrNO4/c1-13-10-17-19(18(22)11-13)23(21(25)27-20(17)24)8-9-26-16-7-6-14-4-2-3-5-15(14)12-16/h2-7,10-12H,8-9H2,1H3. The van der Waals surface area contributed by atoms with Crippen LogP contribution >= 0.6 is 15.9 Å². The summed E-state index contributed by atoms with van der Waals surface area (Å²) >= 11 is 3.45. The summed E-state index contributed by atoms with van der Waals surface area (Å²) in [4.78, 5) is 24.3. The van der Waals surface area contributed by atoms with Crippen LogP contribution < -0.4 is 16.1 Å². The summed E-state index contributed by atoms with van der Waals surface area (Å²) in [6.45, 7) is 2.40. The normalized spacial score (nSPS) is 11.2. The molecule has 0 bridgehead atoms. The molecule has 5 nitrogen and oxygen atoms in total. The molecule has 1 heterocycles. The summed E-state index contributed by atoms with van der Waals surface area (Å²) in [6.07, 6.45) is 0. The van der Waals surface area contributed by atoms with E-state index >= 15 is 0 Å². The van der Waals surface area contributed by atoms with Gasteiger partial charge in [-0.2, -0.15) is 0 Å². The van der Waals surface area contributed by atoms with Crippen LogP contribution in [0.25, 0.3) is 21.7 Å². The molecular formula is C21H16BrNO4. The number of hydrogen-bond acceptors (Lipinski definition) is 4. The molecule has 0 spiro atoms. The molecule has 0 saturated carbocycles. The molecular weight excluding hydrogens is 410 g/mol. The van der Waals surface area contributed by atoms with E-state index in [0.29, 0.717) is 15.4 Å². The Labute approximate surface area is 162 Å². The van der Waals surface area contributed by atoms with Crippen LogP contribution in [0.5, 0.6) is 5.75 Å². The third kappa shape index (κ3) is 3.40. The summed E-state index contributed by atoms with van der Waals surface area (Å²) < 4.78 is 12.8. The monoisotopic (exact) mass is 425 g/mol. The Morgan fingerprint density at radius 1 is 1.04 bits per heavy atom. The lowest BCUT2D eigenvalue weighted by atomic mass is 10.1. The van der Waals surface area contributed by atoms with Crippen molar-refractivity contribution >= 4 is 37.6 Å². The zero-order valence-corrected chi connectivity index (χ0v) is 16.2. The highest BCUT2D eigenvalue weighted by Crippen LogP contribution is 2.23. The predicted molar refractivity (Wildman–Crippen MR) is 109 cm³/mol. The van der Waals surface area contributed by atoms with Gasteiger partial charge in [0.1, 0.15) is 12.4 Å². The molecule has 4 aromatic rings. The SMILES string of the molecule is Cc1cc(Br)c2c(c1)c(=O)oc(=O)n2CCOc1ccc2ccccc2c1. The van der Waals surface area contributed by atoms with E-state index in [1.807, 2.05) is 55.5 Å². The molecule has 0 radical (unpaired) electrons. The first-order valence-corrected chi connectivity index (χ1v) is 9.27. The summed E-state index contributed by atoms with van der Waals surface area (Å²) in [6, 6.07) is 17.4. The second-order valence-electron chi connectivity index (χ2n) is 6.31. The first kappa shape index (κ1) is 17.5. The van der Waals surface area contributed by atoms with E-state index in [0.717, 1.165) is 22.1 Å². The van der Waals surface area contributed by atoms with Gasteiger partial charge < -0.3 is 9.15 Å². The molecule has 0 atom stereocenters. The van der Waals surface area contributed by atoms with Crippen molar-refractivity contribution < 1.29 is 9.15 Å². The van der Waals surface area contributed by atoms with Gasteiger partial charge in [0, 0.05) is 4.47 Å². The maximum absolute atomic E-state index is 12.2. The van der Waals surface area contributed by atoms with E-state index in [1.54, 1.807) is 6.07 Å². The molecule has 0 saturated heterocycles. The maximum atomic E-state index is 12.2. The van der Waals surface area contributed by atoms with Crippen LogP contribution in [-0.2, 0) is 6.54 Å². The largest absolute Gasteiger partial charge is 0.492 e. The van der Waals surface area contributed by atoms with Gasteiger partial charge in [-0.05, 0) is 63.5 Å². The number of halogens is 1. The Morgan fingerprint density at radius 2 is 1.81 bits per heavy atom. The van der Waals surface area contributed by atoms with E-state index in [-0.39, 0.29) is 13.2 Å². The molecule has 3 aromatic carbocycles. The highest BCUT2D eigenvalue weighted by molar-refractivity contribution is 9.10. The third-order valence-electron chi connectivity index (χ3n) is 4.40. The smallest absolute Gasteiger partial charge is 0.422 e. The second-order valence-corrected chi connectivity index (χ2v) is 7.16. The third-order valence-corrected chi connectivity index (χ3v) is 5.01. The van der Waals surface area contributed by atoms with Crippen LogP contribution in [0.15, 0.2) is 73.1 Å². The Hall–Kier alpha value is -2.86. The van der Waals surface area contributed by atoms with Gasteiger partial charge in [-0.15, -0.1) is 0 Å². The van der Waals surface area contributed by atoms with Crippen molar-refractivity contribution in [3.63, 3.8) is 0 Å². The van der Waals surface area contributed by atoms with Crippen molar-refractivity contribution in [2.75, 3.05) is 6.61 Å². The molecule has 0 aliphatic rings. The van der Waals surface area contributed by atoms with Gasteiger partial charge in [-0.1, -0.05) is 30.3 Å². The van der Waals surface area contributed by atoms with Crippen LogP contribution in [0, 0.1) is 6.92 Å². The highest BCUT2D eigenvalue weighted by atomic mass is 79.9. The van der Waals surface area contributed by atoms with Gasteiger partial charge in [0.25, 0.3) is 0 Å². The number of aryl methyl sites for hydroxylation is 1. The number of hydrogen-bond donors (Lipinski definition) is 0. The van der Waals surface area contributed by atoms with E-state index in [4.69, 9.17) is 9.15 Å². The molecule has 0 unspecified atom stereocenters. The number of benzene rings is 3. The van der Waals surface area contributed by atoms with Crippen molar-refractivity contribution in [3.8, 4) is 5.75 Å². The highest BCUT2D eigenvalue weighted by Gasteiger charge is 2.13. The average Bonchev–Trinajstić information content (AvgIpc) is 2.64. The lowest BCUT2D eigenvalue weighted by Crippen LogP contribution is -2.27. The van der Waals surface area contributed by atoms with E-state index < -0.39 is 11.4 Å². The lowest BCUT2D eigenvalue weighted by Gasteiger charge is -2.12. The van der Waals surface area contributed by atoms with Gasteiger partial charge in [-0.3, -0.25) is 4.57 Å². The van der Waals surface area contributed by atoms with Crippen molar-refractivity contribution in [3.05, 3.63) is 85.6 Å². The average molecular weight is 426 g/mol. The molecule has 0 aliphatic heterocycles. The summed E-state index contributed by atoms with van der Waals surface area (Å²) in [5, 5.41) is 2.59. The molecule has 0 fully saturated rings. The fourth-order valence-electron chi connectivity index (χ4n) is 3.16. The van der Waals surface area contributed by atoms with Gasteiger partial charge in [0.05, 0.1) is 17.4 Å². The van der Waals surface area contributed by atoms with Crippen LogP contribution in [0.3, 0.4) is 0 Å². The molecule has 136 valence electrons. The minimum atomic E-state index is -0.695. The van der Waals surface area contributed by atoms with Gasteiger partial charge in [0.2, 0.25) is 0 Å². The van der Waals surface area contributed by atoms with Crippen LogP contribution in [0.2, 0.25) is 0 Å². The molecule has 0 amide bonds. The van der Waals surface area contributed by atoms with E-state index in [2.05, 4.69) is 15.9 Å². The molecule has 0 N–H and O–H groups in total. The Balaban J connectivity index is 1.63. The second kappa shape index (κ2) is 7.04. The zero-order chi connectivity index (χ0) is 19.0. The summed E-state index contributed by atoms with van der Waals surface area (Å²) in [5.74, 6) is 0.0255. The van der Waals surface area contributed by atoms with Crippen LogP contribution in [0.1, 0.15) is 5.56 Å². The number of aromatic nitrogens is 1. The number of rotatable bonds is 4. The van der Waals surface area contributed by atoms with Gasteiger partial charge in [-0.25, -0.2) is 9.59 Å². The lowest BCUT2D eigenvalue weighted by molar-refractivity contribution is 0.287. The van der Waals surface area contributed by atoms with E-state index in [9.17, 15) is 9.59 Å². The molecule has 27 heavy (non-hydrogen) atoms. The van der Waals surface area contributed by atoms with Gasteiger partial charge >= 0.3 is 11.4 Å². The first-order chi connectivity index (χ1) is 13.0. The topological polar surface area (TPSA) is 61.4 Å². The Bertz CT molecular complexity index is 1270. The first-order valence-electron chi connectivity index (χ1n) is 8.48. The maximum Gasteiger partial charge on any atom is 0.422 e. The van der Waals surface area contributed by atoms with Crippen molar-refractivity contribution in [2.24, 2.45) is 0 Å². The van der Waals surface area contributed by atoms with Crippen molar-refractivity contribution in [2.45, 2.75) is 13.5 Å². The summed E-state index contributed by atoms with van der Waals surface area (Å²) in [7, 11) is 0. The quantitative estimate of drug-likeness (QED) is 0.490. The molecule has 0 aliphatic carbocycles. The minimum absolute atomic E-state index is 0.258. The molecule has 1 aromatic heterocycles. The van der Waals surface area contributed by atoms with Crippen LogP contribution in [-0.4, -0.2) is 11.2 Å². The number of ether oxygens (including phenoxy) is 1. The van der Waals surface area contributed by atoms with Crippen molar-refractivity contribution in [1.29, 1.82) is 0 Å². The fourth-order valence-corrected chi connectivity index (χ4v) is 3.95. The van der Waals surface area contributed by atoms with E-state index in [1.165, 1.54) is 4.57 Å². The number of fused-ring (bicyclic) bond motifs is 2. The molecule has 4 rings (SSSR count). The molecule has 6 heteroatoms. The van der Waals surface area contributed by atoms with Crippen molar-refractivity contribution in [1.82, 2.24) is 4.57 Å². The fraction of sp³-hybridized carbons (Fsp3) is 0.143. The minimum Gasteiger partial charge on any atom is -0.492 e. The van der Waals surface area contributed by atoms with Crippen LogP contribution in [0.4, 0.5) is 0 Å². The zero-order valence-electron chi connectivity index (χ0n) is 14.6. The predicted octanol–water partition coefficient (Wildman–Crippen LogP) is 4.26. The Morgan fingerprint density at radius 3 is 2.63 bits per heavy atom. The summed E-state index contributed by atoms with van der Waals surface area (Å²) in [5.41, 5.74) is 0.786. The number of nitrogens with zero attached hydrogens (tertiary/aromatic N) is 1. The van der Waals surface area contributed by atoms with Gasteiger partial charge in [0.15, 0.2) is 0 Å². The Kier molecular flexibility index (Phi) is 4.58.